The van der Waals surface area contributed by atoms with Crippen LogP contribution in [-0.2, 0) is 0 Å². The lowest BCUT2D eigenvalue weighted by molar-refractivity contribution is -0.136. The Balaban J connectivity index is 2.74. The van der Waals surface area contributed by atoms with Crippen LogP contribution in [0.2, 0.25) is 0 Å². The van der Waals surface area contributed by atoms with Gasteiger partial charge in [-0.3, -0.25) is 4.79 Å². The first kappa shape index (κ1) is 15.0. The molecule has 0 unspecified atom stereocenters. The third-order valence-electron chi connectivity index (χ3n) is 2.43. The lowest BCUT2D eigenvalue weighted by Gasteiger charge is -2.19. The fraction of sp³-hybridized carbons (Fsp3) is 0.417. The number of hydrogen-bond donors (Lipinski definition) is 0. The van der Waals surface area contributed by atoms with E-state index >= 15 is 0 Å². The quantitative estimate of drug-likeness (QED) is 0.829. The van der Waals surface area contributed by atoms with E-state index in [1.165, 1.54) is 7.05 Å². The fourth-order valence-corrected chi connectivity index (χ4v) is 2.06. The first-order chi connectivity index (χ1) is 8.20. The summed E-state index contributed by atoms with van der Waals surface area (Å²) in [5, 5.41) is 0. The van der Waals surface area contributed by atoms with Gasteiger partial charge >= 0.3 is 6.18 Å². The van der Waals surface area contributed by atoms with E-state index in [0.29, 0.717) is 10.0 Å². The molecule has 0 atom stereocenters. The van der Waals surface area contributed by atoms with Gasteiger partial charge in [-0.1, -0.05) is 6.07 Å². The highest BCUT2D eigenvalue weighted by atomic mass is 79.9. The van der Waals surface area contributed by atoms with Gasteiger partial charge in [0.2, 0.25) is 0 Å². The van der Waals surface area contributed by atoms with Crippen LogP contribution < -0.4 is 0 Å². The van der Waals surface area contributed by atoms with Gasteiger partial charge in [0.15, 0.2) is 0 Å². The molecule has 0 fully saturated rings. The zero-order chi connectivity index (χ0) is 13.9. The summed E-state index contributed by atoms with van der Waals surface area (Å²) in [6, 6.07) is 5.10. The van der Waals surface area contributed by atoms with Crippen LogP contribution in [0.1, 0.15) is 22.3 Å². The van der Waals surface area contributed by atoms with Crippen molar-refractivity contribution in [3.63, 3.8) is 0 Å². The molecule has 0 aliphatic heterocycles. The van der Waals surface area contributed by atoms with Crippen LogP contribution in [0.4, 0.5) is 13.2 Å². The largest absolute Gasteiger partial charge is 0.390 e. The number of hydrogen-bond acceptors (Lipinski definition) is 1. The first-order valence-electron chi connectivity index (χ1n) is 5.29. The second-order valence-electron chi connectivity index (χ2n) is 4.08. The van der Waals surface area contributed by atoms with Crippen LogP contribution in [0, 0.1) is 6.92 Å². The van der Waals surface area contributed by atoms with Crippen molar-refractivity contribution in [2.45, 2.75) is 19.5 Å². The molecule has 0 saturated carbocycles. The molecule has 0 saturated heterocycles. The Kier molecular flexibility index (Phi) is 4.78. The lowest BCUT2D eigenvalue weighted by Crippen LogP contribution is -2.30. The molecule has 1 aromatic carbocycles. The molecular weight excluding hydrogens is 311 g/mol. The number of alkyl halides is 3. The van der Waals surface area contributed by atoms with E-state index in [2.05, 4.69) is 15.9 Å². The minimum Gasteiger partial charge on any atom is -0.341 e. The van der Waals surface area contributed by atoms with Crippen molar-refractivity contribution >= 4 is 21.8 Å². The average molecular weight is 324 g/mol. The molecule has 0 spiro atoms. The minimum atomic E-state index is -4.25. The normalized spacial score (nSPS) is 11.4. The van der Waals surface area contributed by atoms with E-state index in [1.807, 2.05) is 6.92 Å². The van der Waals surface area contributed by atoms with E-state index < -0.39 is 18.5 Å². The van der Waals surface area contributed by atoms with Crippen LogP contribution >= 0.6 is 15.9 Å². The van der Waals surface area contributed by atoms with Crippen molar-refractivity contribution in [2.75, 3.05) is 13.6 Å². The van der Waals surface area contributed by atoms with Gasteiger partial charge in [-0.15, -0.1) is 0 Å². The van der Waals surface area contributed by atoms with E-state index in [9.17, 15) is 18.0 Å². The van der Waals surface area contributed by atoms with Crippen molar-refractivity contribution in [1.29, 1.82) is 0 Å². The van der Waals surface area contributed by atoms with Gasteiger partial charge in [0.1, 0.15) is 0 Å². The Morgan fingerprint density at radius 3 is 2.50 bits per heavy atom. The van der Waals surface area contributed by atoms with Gasteiger partial charge < -0.3 is 4.90 Å². The highest BCUT2D eigenvalue weighted by Gasteiger charge is 2.28. The Labute approximate surface area is 112 Å². The maximum atomic E-state index is 12.1. The van der Waals surface area contributed by atoms with E-state index in [-0.39, 0.29) is 6.54 Å². The number of nitrogens with zero attached hydrogens (tertiary/aromatic N) is 1. The highest BCUT2D eigenvalue weighted by Crippen LogP contribution is 2.22. The molecule has 1 amide bonds. The number of benzene rings is 1. The van der Waals surface area contributed by atoms with Gasteiger partial charge in [0.05, 0.1) is 12.0 Å². The van der Waals surface area contributed by atoms with Gasteiger partial charge in [-0.05, 0) is 40.5 Å². The number of rotatable bonds is 3. The molecule has 100 valence electrons. The number of carbonyl (C=O) groups excluding carboxylic acids is 1. The second kappa shape index (κ2) is 5.73. The zero-order valence-corrected chi connectivity index (χ0v) is 11.6. The predicted octanol–water partition coefficient (Wildman–Crippen LogP) is 3.78. The summed E-state index contributed by atoms with van der Waals surface area (Å²) in [5.41, 5.74) is 1.33. The van der Waals surface area contributed by atoms with Gasteiger partial charge in [0.25, 0.3) is 5.91 Å². The van der Waals surface area contributed by atoms with Crippen LogP contribution in [0.25, 0.3) is 0 Å². The number of halogens is 4. The van der Waals surface area contributed by atoms with Crippen molar-refractivity contribution in [3.05, 3.63) is 33.8 Å². The van der Waals surface area contributed by atoms with E-state index in [4.69, 9.17) is 0 Å². The second-order valence-corrected chi connectivity index (χ2v) is 4.93. The molecule has 0 bridgehead atoms. The Bertz CT molecular complexity index is 445. The summed E-state index contributed by atoms with van der Waals surface area (Å²) in [6.07, 6.45) is -5.25. The summed E-state index contributed by atoms with van der Waals surface area (Å²) in [4.78, 5) is 13.0. The maximum Gasteiger partial charge on any atom is 0.390 e. The van der Waals surface area contributed by atoms with Crippen molar-refractivity contribution < 1.29 is 18.0 Å². The monoisotopic (exact) mass is 323 g/mol. The first-order valence-corrected chi connectivity index (χ1v) is 6.08. The Morgan fingerprint density at radius 1 is 1.39 bits per heavy atom. The average Bonchev–Trinajstić information content (AvgIpc) is 2.24. The highest BCUT2D eigenvalue weighted by molar-refractivity contribution is 9.10. The maximum absolute atomic E-state index is 12.1. The smallest absolute Gasteiger partial charge is 0.341 e. The summed E-state index contributed by atoms with van der Waals surface area (Å²) in [6.45, 7) is 1.52. The molecule has 0 heterocycles. The van der Waals surface area contributed by atoms with Gasteiger partial charge in [0, 0.05) is 18.1 Å². The summed E-state index contributed by atoms with van der Waals surface area (Å²) in [7, 11) is 1.36. The molecule has 1 rings (SSSR count). The van der Waals surface area contributed by atoms with E-state index in [1.54, 1.807) is 18.2 Å². The summed E-state index contributed by atoms with van der Waals surface area (Å²) < 4.78 is 36.8. The van der Waals surface area contributed by atoms with Crippen LogP contribution in [0.3, 0.4) is 0 Å². The molecule has 0 radical (unpaired) electrons. The van der Waals surface area contributed by atoms with Crippen molar-refractivity contribution in [1.82, 2.24) is 4.90 Å². The Morgan fingerprint density at radius 2 is 2.00 bits per heavy atom. The third kappa shape index (κ3) is 4.33. The zero-order valence-electron chi connectivity index (χ0n) is 10.0. The molecule has 1 aromatic rings. The minimum absolute atomic E-state index is 0.345. The van der Waals surface area contributed by atoms with E-state index in [0.717, 1.165) is 10.5 Å². The van der Waals surface area contributed by atoms with Gasteiger partial charge in [-0.2, -0.15) is 13.2 Å². The van der Waals surface area contributed by atoms with Crippen LogP contribution in [0.15, 0.2) is 22.7 Å². The molecule has 2 nitrogen and oxygen atoms in total. The summed E-state index contributed by atoms with van der Waals surface area (Å²) in [5.74, 6) is -0.425. The molecular formula is C12H13BrF3NO. The fourth-order valence-electron chi connectivity index (χ4n) is 1.40. The molecule has 0 aromatic heterocycles. The number of carbonyl (C=O) groups is 1. The number of aryl methyl sites for hydroxylation is 1. The molecule has 0 N–H and O–H groups in total. The van der Waals surface area contributed by atoms with Crippen molar-refractivity contribution in [3.8, 4) is 0 Å². The third-order valence-corrected chi connectivity index (χ3v) is 3.09. The molecule has 0 aliphatic carbocycles. The number of amides is 1. The molecule has 18 heavy (non-hydrogen) atoms. The topological polar surface area (TPSA) is 20.3 Å². The molecule has 0 aliphatic rings. The Hall–Kier alpha value is -1.04. The van der Waals surface area contributed by atoms with Crippen LogP contribution in [0.5, 0.6) is 0 Å². The standard InChI is InChI=1S/C12H13BrF3NO/c1-8-3-4-9(10(13)7-8)11(18)17(2)6-5-12(14,15)16/h3-4,7H,5-6H2,1-2H3. The van der Waals surface area contributed by atoms with Gasteiger partial charge in [-0.25, -0.2) is 0 Å². The lowest BCUT2D eigenvalue weighted by atomic mass is 10.1. The molecule has 6 heteroatoms. The summed E-state index contributed by atoms with van der Waals surface area (Å²) >= 11 is 3.24. The SMILES string of the molecule is Cc1ccc(C(=O)N(C)CCC(F)(F)F)c(Br)c1. The predicted molar refractivity (Wildman–Crippen MR) is 66.5 cm³/mol. The van der Waals surface area contributed by atoms with Crippen molar-refractivity contribution in [2.24, 2.45) is 0 Å². The van der Waals surface area contributed by atoms with Crippen LogP contribution in [-0.4, -0.2) is 30.6 Å².